The van der Waals surface area contributed by atoms with Crippen molar-refractivity contribution >= 4 is 11.9 Å². The number of carbonyl (C=O) groups is 2. The number of esters is 1. The van der Waals surface area contributed by atoms with Gasteiger partial charge in [-0.3, -0.25) is 9.59 Å². The van der Waals surface area contributed by atoms with Gasteiger partial charge in [0.25, 0.3) is 0 Å². The Kier molecular flexibility index (Phi) is 8.05. The van der Waals surface area contributed by atoms with E-state index in [9.17, 15) is 4.79 Å². The Balaban J connectivity index is 1.07. The van der Waals surface area contributed by atoms with Crippen LogP contribution in [0.2, 0.25) is 0 Å². The first-order valence-corrected chi connectivity index (χ1v) is 21.3. The molecule has 6 nitrogen and oxygen atoms in total. The highest BCUT2D eigenvalue weighted by molar-refractivity contribution is 5.86. The Morgan fingerprint density at radius 2 is 1.46 bits per heavy atom. The van der Waals surface area contributed by atoms with Gasteiger partial charge in [0.2, 0.25) is 5.91 Å². The average Bonchev–Trinajstić information content (AvgIpc) is 3.45. The van der Waals surface area contributed by atoms with Gasteiger partial charge in [0.1, 0.15) is 11.9 Å². The molecule has 6 saturated carbocycles. The Morgan fingerprint density at radius 3 is 2.19 bits per heavy atom. The highest BCUT2D eigenvalue weighted by atomic mass is 16.5. The van der Waals surface area contributed by atoms with Gasteiger partial charge in [-0.1, -0.05) is 71.9 Å². The maximum Gasteiger partial charge on any atom is 0.302 e. The van der Waals surface area contributed by atoms with Gasteiger partial charge in [0.15, 0.2) is 0 Å². The van der Waals surface area contributed by atoms with Gasteiger partial charge in [-0.25, -0.2) is 4.98 Å². The highest BCUT2D eigenvalue weighted by Gasteiger charge is 2.83. The molecule has 1 aliphatic heterocycles. The fourth-order valence-electron chi connectivity index (χ4n) is 15.4. The normalized spacial score (nSPS) is 42.4. The van der Waals surface area contributed by atoms with Crippen LogP contribution in [0.4, 0.5) is 0 Å². The Bertz CT molecular complexity index is 1710. The first-order chi connectivity index (χ1) is 24.7. The second-order valence-electron chi connectivity index (χ2n) is 20.5. The molecule has 1 aromatic carbocycles. The second kappa shape index (κ2) is 11.9. The van der Waals surface area contributed by atoms with Gasteiger partial charge in [-0.2, -0.15) is 0 Å². The standard InChI is InChI=1S/C46H65N3O3/c1-28(50)52-31-16-18-32-30(26-31)15-17-34-33(32)19-20-36-35(34)21-22-46(39(36)45(7,44(6)23-24-44)42(2,3)43(46,4)5)41(51)49-25-11-14-38(49)40-47-27-37(48-40)29-12-9-8-10-13-29/h8-10,12-13,27,30-36,38-39H,11,14-26H2,1-7H3,(H,47,48)/t30?,31?,32?,33?,34?,35?,36?,38-,39?,45?,46?/m0/s1. The van der Waals surface area contributed by atoms with Crippen molar-refractivity contribution in [2.24, 2.45) is 68.5 Å². The van der Waals surface area contributed by atoms with Crippen molar-refractivity contribution in [3.05, 3.63) is 42.4 Å². The Labute approximate surface area is 313 Å². The SMILES string of the molecule is CC(=O)OC1CCC2C(CCC3C2CCC2C3CCC3(C(=O)N4CCC[C@H]4c4ncc(-c5ccccc5)[nH]4)C2C(C)(C2(C)CC2)C(C)(C)C3(C)C)C1. The van der Waals surface area contributed by atoms with Gasteiger partial charge in [0, 0.05) is 13.5 Å². The molecule has 1 aromatic heterocycles. The van der Waals surface area contributed by atoms with Crippen molar-refractivity contribution < 1.29 is 14.3 Å². The molecule has 1 N–H and O–H groups in total. The van der Waals surface area contributed by atoms with E-state index in [1.807, 2.05) is 6.20 Å². The third-order valence-corrected chi connectivity index (χ3v) is 18.8. The van der Waals surface area contributed by atoms with E-state index in [1.165, 1.54) is 51.4 Å². The van der Waals surface area contributed by atoms with Crippen LogP contribution in [-0.4, -0.2) is 39.4 Å². The van der Waals surface area contributed by atoms with Crippen LogP contribution < -0.4 is 0 Å². The second-order valence-corrected chi connectivity index (χ2v) is 20.5. The lowest BCUT2D eigenvalue weighted by molar-refractivity contribution is -0.176. The largest absolute Gasteiger partial charge is 0.463 e. The summed E-state index contributed by atoms with van der Waals surface area (Å²) in [6, 6.07) is 10.5. The number of nitrogens with zero attached hydrogens (tertiary/aromatic N) is 2. The fraction of sp³-hybridized carbons (Fsp3) is 0.761. The summed E-state index contributed by atoms with van der Waals surface area (Å²) in [6.45, 7) is 17.9. The van der Waals surface area contributed by atoms with Crippen LogP contribution in [0.1, 0.15) is 144 Å². The first kappa shape index (κ1) is 35.1. The van der Waals surface area contributed by atoms with E-state index in [0.29, 0.717) is 23.7 Å². The first-order valence-electron chi connectivity index (χ1n) is 21.3. The lowest BCUT2D eigenvalue weighted by Gasteiger charge is -2.62. The van der Waals surface area contributed by atoms with E-state index in [-0.39, 0.29) is 45.2 Å². The monoisotopic (exact) mass is 708 g/mol. The minimum absolute atomic E-state index is 0.00442. The van der Waals surface area contributed by atoms with Gasteiger partial charge < -0.3 is 14.6 Å². The summed E-state index contributed by atoms with van der Waals surface area (Å²) in [7, 11) is 0. The summed E-state index contributed by atoms with van der Waals surface area (Å²) in [5.41, 5.74) is 2.00. The molecule has 0 spiro atoms. The summed E-state index contributed by atoms with van der Waals surface area (Å²) >= 11 is 0. The van der Waals surface area contributed by atoms with Crippen molar-refractivity contribution in [2.45, 2.75) is 144 Å². The summed E-state index contributed by atoms with van der Waals surface area (Å²) in [5, 5.41) is 0. The van der Waals surface area contributed by atoms with E-state index >= 15 is 4.79 Å². The lowest BCUT2D eigenvalue weighted by Crippen LogP contribution is -2.61. The number of ether oxygens (including phenoxy) is 1. The number of aromatic amines is 1. The average molecular weight is 708 g/mol. The van der Waals surface area contributed by atoms with Crippen LogP contribution in [0.5, 0.6) is 0 Å². The molecule has 7 fully saturated rings. The van der Waals surface area contributed by atoms with Crippen LogP contribution in [-0.2, 0) is 14.3 Å². The number of imidazole rings is 1. The number of rotatable bonds is 5. The van der Waals surface area contributed by atoms with Crippen LogP contribution in [0.3, 0.4) is 0 Å². The van der Waals surface area contributed by atoms with Crippen molar-refractivity contribution in [3.8, 4) is 11.3 Å². The maximum absolute atomic E-state index is 16.1. The number of aromatic nitrogens is 2. The maximum atomic E-state index is 16.1. The molecule has 1 amide bonds. The predicted molar refractivity (Wildman–Crippen MR) is 205 cm³/mol. The summed E-state index contributed by atoms with van der Waals surface area (Å²) in [4.78, 5) is 38.9. The Hall–Kier alpha value is -2.63. The number of likely N-dealkylation sites (tertiary alicyclic amines) is 1. The molecular weight excluding hydrogens is 643 g/mol. The highest BCUT2D eigenvalue weighted by Crippen LogP contribution is 2.86. The molecule has 6 aliphatic carbocycles. The molecule has 6 heteroatoms. The zero-order valence-corrected chi connectivity index (χ0v) is 33.2. The van der Waals surface area contributed by atoms with Crippen molar-refractivity contribution in [2.75, 3.05) is 6.54 Å². The van der Waals surface area contributed by atoms with E-state index in [2.05, 4.69) is 81.8 Å². The van der Waals surface area contributed by atoms with Gasteiger partial charge in [-0.05, 0) is 152 Å². The van der Waals surface area contributed by atoms with Crippen molar-refractivity contribution in [1.82, 2.24) is 14.9 Å². The molecule has 11 atom stereocenters. The number of carbonyl (C=O) groups excluding carboxylic acids is 2. The zero-order valence-electron chi connectivity index (χ0n) is 33.2. The third kappa shape index (κ3) is 4.63. The molecule has 0 radical (unpaired) electrons. The van der Waals surface area contributed by atoms with Crippen LogP contribution in [0.25, 0.3) is 11.3 Å². The molecule has 52 heavy (non-hydrogen) atoms. The van der Waals surface area contributed by atoms with Crippen molar-refractivity contribution in [3.63, 3.8) is 0 Å². The number of H-pyrrole nitrogens is 1. The molecular formula is C46H65N3O3. The third-order valence-electron chi connectivity index (χ3n) is 18.8. The fourth-order valence-corrected chi connectivity index (χ4v) is 15.4. The number of fused-ring (bicyclic) bond motifs is 7. The quantitative estimate of drug-likeness (QED) is 0.314. The number of hydrogen-bond donors (Lipinski definition) is 1. The topological polar surface area (TPSA) is 75.3 Å². The number of hydrogen-bond acceptors (Lipinski definition) is 4. The molecule has 1 saturated heterocycles. The van der Waals surface area contributed by atoms with Crippen LogP contribution in [0, 0.1) is 68.5 Å². The number of benzene rings is 1. The number of amides is 1. The summed E-state index contributed by atoms with van der Waals surface area (Å²) < 4.78 is 5.76. The van der Waals surface area contributed by atoms with Crippen LogP contribution >= 0.6 is 0 Å². The summed E-state index contributed by atoms with van der Waals surface area (Å²) in [6.07, 6.45) is 17.5. The lowest BCUT2D eigenvalue weighted by atomic mass is 9.42. The predicted octanol–water partition coefficient (Wildman–Crippen LogP) is 10.4. The molecule has 2 heterocycles. The van der Waals surface area contributed by atoms with Gasteiger partial charge in [0.05, 0.1) is 23.3 Å². The summed E-state index contributed by atoms with van der Waals surface area (Å²) in [5.74, 6) is 6.07. The molecule has 7 aliphatic rings. The molecule has 0 bridgehead atoms. The molecule has 282 valence electrons. The van der Waals surface area contributed by atoms with E-state index in [0.717, 1.165) is 79.4 Å². The van der Waals surface area contributed by atoms with Crippen molar-refractivity contribution in [1.29, 1.82) is 0 Å². The van der Waals surface area contributed by atoms with E-state index in [1.54, 1.807) is 6.92 Å². The minimum Gasteiger partial charge on any atom is -0.463 e. The molecule has 2 aromatic rings. The van der Waals surface area contributed by atoms with E-state index < -0.39 is 0 Å². The van der Waals surface area contributed by atoms with Crippen LogP contribution in [0.15, 0.2) is 36.5 Å². The zero-order chi connectivity index (χ0) is 36.4. The smallest absolute Gasteiger partial charge is 0.302 e. The number of nitrogens with one attached hydrogen (secondary N) is 1. The Morgan fingerprint density at radius 1 is 0.788 bits per heavy atom. The minimum atomic E-state index is -0.387. The van der Waals surface area contributed by atoms with Gasteiger partial charge >= 0.3 is 5.97 Å². The molecule has 10 unspecified atom stereocenters. The van der Waals surface area contributed by atoms with E-state index in [4.69, 9.17) is 9.72 Å². The molecule has 9 rings (SSSR count). The van der Waals surface area contributed by atoms with Gasteiger partial charge in [-0.15, -0.1) is 0 Å².